The second-order valence-corrected chi connectivity index (χ2v) is 7.22. The summed E-state index contributed by atoms with van der Waals surface area (Å²) in [4.78, 5) is 11.6. The number of thiophene rings is 1. The molecule has 0 unspecified atom stereocenters. The average Bonchev–Trinajstić information content (AvgIpc) is 3.14. The average molecular weight is 313 g/mol. The van der Waals surface area contributed by atoms with Crippen LogP contribution in [0.5, 0.6) is 0 Å². The SMILES string of the molecule is C[C@@H]1CCc2c(sc3ncnc(N[C@H](C)c4ccco4)c23)C1. The van der Waals surface area contributed by atoms with Crippen molar-refractivity contribution in [2.24, 2.45) is 5.92 Å². The first-order valence-corrected chi connectivity index (χ1v) is 8.59. The first-order valence-electron chi connectivity index (χ1n) is 7.77. The zero-order valence-corrected chi connectivity index (χ0v) is 13.6. The van der Waals surface area contributed by atoms with Gasteiger partial charge < -0.3 is 9.73 Å². The monoisotopic (exact) mass is 313 g/mol. The number of furan rings is 1. The Balaban J connectivity index is 1.75. The van der Waals surface area contributed by atoms with Gasteiger partial charge in [-0.25, -0.2) is 9.97 Å². The number of nitrogens with zero attached hydrogens (tertiary/aromatic N) is 2. The third-order valence-electron chi connectivity index (χ3n) is 4.41. The number of nitrogens with one attached hydrogen (secondary N) is 1. The van der Waals surface area contributed by atoms with Crippen LogP contribution in [0.15, 0.2) is 29.1 Å². The van der Waals surface area contributed by atoms with Crippen LogP contribution in [0.3, 0.4) is 0 Å². The zero-order valence-electron chi connectivity index (χ0n) is 12.8. The number of rotatable bonds is 3. The summed E-state index contributed by atoms with van der Waals surface area (Å²) in [6, 6.07) is 3.99. The van der Waals surface area contributed by atoms with Crippen LogP contribution in [0.1, 0.15) is 42.5 Å². The Labute approximate surface area is 133 Å². The molecule has 0 fully saturated rings. The van der Waals surface area contributed by atoms with Crippen molar-refractivity contribution in [2.75, 3.05) is 5.32 Å². The van der Waals surface area contributed by atoms with Gasteiger partial charge >= 0.3 is 0 Å². The van der Waals surface area contributed by atoms with Crippen LogP contribution >= 0.6 is 11.3 Å². The van der Waals surface area contributed by atoms with Gasteiger partial charge in [0, 0.05) is 4.88 Å². The topological polar surface area (TPSA) is 51.0 Å². The number of aromatic nitrogens is 2. The van der Waals surface area contributed by atoms with E-state index in [2.05, 4.69) is 29.1 Å². The Morgan fingerprint density at radius 3 is 3.14 bits per heavy atom. The quantitative estimate of drug-likeness (QED) is 0.769. The van der Waals surface area contributed by atoms with Gasteiger partial charge in [-0.15, -0.1) is 11.3 Å². The number of aryl methyl sites for hydroxylation is 1. The van der Waals surface area contributed by atoms with Gasteiger partial charge in [0.05, 0.1) is 17.7 Å². The molecule has 0 spiro atoms. The first-order chi connectivity index (χ1) is 10.7. The third-order valence-corrected chi connectivity index (χ3v) is 5.58. The van der Waals surface area contributed by atoms with Crippen molar-refractivity contribution in [1.29, 1.82) is 0 Å². The van der Waals surface area contributed by atoms with Gasteiger partial charge in [0.15, 0.2) is 0 Å². The highest BCUT2D eigenvalue weighted by Gasteiger charge is 2.23. The van der Waals surface area contributed by atoms with Gasteiger partial charge in [-0.05, 0) is 49.8 Å². The molecule has 0 bridgehead atoms. The highest BCUT2D eigenvalue weighted by Crippen LogP contribution is 2.40. The molecule has 3 aromatic rings. The van der Waals surface area contributed by atoms with Crippen molar-refractivity contribution >= 4 is 27.4 Å². The fourth-order valence-electron chi connectivity index (χ4n) is 3.20. The molecule has 4 rings (SSSR count). The van der Waals surface area contributed by atoms with Crippen LogP contribution in [-0.2, 0) is 12.8 Å². The summed E-state index contributed by atoms with van der Waals surface area (Å²) in [7, 11) is 0. The van der Waals surface area contributed by atoms with E-state index in [1.54, 1.807) is 12.6 Å². The maximum atomic E-state index is 5.48. The summed E-state index contributed by atoms with van der Waals surface area (Å²) in [6.45, 7) is 4.42. The highest BCUT2D eigenvalue weighted by molar-refractivity contribution is 7.19. The van der Waals surface area contributed by atoms with E-state index in [0.717, 1.165) is 28.7 Å². The number of fused-ring (bicyclic) bond motifs is 3. The Bertz CT molecular complexity index is 794. The molecule has 0 saturated heterocycles. The van der Waals surface area contributed by atoms with E-state index in [9.17, 15) is 0 Å². The van der Waals surface area contributed by atoms with Crippen LogP contribution in [0.25, 0.3) is 10.2 Å². The predicted molar refractivity (Wildman–Crippen MR) is 89.3 cm³/mol. The number of hydrogen-bond acceptors (Lipinski definition) is 5. The Morgan fingerprint density at radius 1 is 1.41 bits per heavy atom. The van der Waals surface area contributed by atoms with Crippen molar-refractivity contribution < 1.29 is 4.42 Å². The maximum Gasteiger partial charge on any atom is 0.139 e. The molecule has 22 heavy (non-hydrogen) atoms. The van der Waals surface area contributed by atoms with E-state index in [1.165, 1.54) is 28.7 Å². The van der Waals surface area contributed by atoms with Gasteiger partial charge in [-0.2, -0.15) is 0 Å². The fourth-order valence-corrected chi connectivity index (χ4v) is 4.55. The fraction of sp³-hybridized carbons (Fsp3) is 0.412. The molecule has 3 heterocycles. The van der Waals surface area contributed by atoms with E-state index >= 15 is 0 Å². The largest absolute Gasteiger partial charge is 0.467 e. The molecule has 3 aromatic heterocycles. The second-order valence-electron chi connectivity index (χ2n) is 6.14. The molecule has 1 N–H and O–H groups in total. The summed E-state index contributed by atoms with van der Waals surface area (Å²) < 4.78 is 5.48. The summed E-state index contributed by atoms with van der Waals surface area (Å²) in [5.41, 5.74) is 1.45. The normalized spacial score (nSPS) is 19.1. The minimum absolute atomic E-state index is 0.0890. The third kappa shape index (κ3) is 2.29. The predicted octanol–water partition coefficient (Wildman–Crippen LogP) is 4.58. The van der Waals surface area contributed by atoms with Crippen molar-refractivity contribution in [3.63, 3.8) is 0 Å². The van der Waals surface area contributed by atoms with Crippen LogP contribution in [-0.4, -0.2) is 9.97 Å². The molecular formula is C17H19N3OS. The smallest absolute Gasteiger partial charge is 0.139 e. The van der Waals surface area contributed by atoms with Gasteiger partial charge in [0.25, 0.3) is 0 Å². The lowest BCUT2D eigenvalue weighted by Gasteiger charge is -2.19. The lowest BCUT2D eigenvalue weighted by atomic mass is 9.89. The standard InChI is InChI=1S/C17H19N3OS/c1-10-5-6-12-14(8-10)22-17-15(12)16(18-9-19-17)20-11(2)13-4-3-7-21-13/h3-4,7,9-11H,5-6,8H2,1-2H3,(H,18,19,20)/t10-,11-/m1/s1. The molecule has 1 aliphatic carbocycles. The molecule has 114 valence electrons. The molecule has 4 nitrogen and oxygen atoms in total. The summed E-state index contributed by atoms with van der Waals surface area (Å²) >= 11 is 1.83. The van der Waals surface area contributed by atoms with Crippen molar-refractivity contribution in [1.82, 2.24) is 9.97 Å². The van der Waals surface area contributed by atoms with E-state index in [1.807, 2.05) is 23.5 Å². The molecule has 0 amide bonds. The van der Waals surface area contributed by atoms with Crippen molar-refractivity contribution in [2.45, 2.75) is 39.2 Å². The first kappa shape index (κ1) is 13.8. The maximum absolute atomic E-state index is 5.48. The highest BCUT2D eigenvalue weighted by atomic mass is 32.1. The van der Waals surface area contributed by atoms with Crippen LogP contribution in [0, 0.1) is 5.92 Å². The minimum atomic E-state index is 0.0890. The minimum Gasteiger partial charge on any atom is -0.467 e. The van der Waals surface area contributed by atoms with E-state index in [-0.39, 0.29) is 6.04 Å². The summed E-state index contributed by atoms with van der Waals surface area (Å²) in [6.07, 6.45) is 6.92. The molecule has 0 aromatic carbocycles. The Kier molecular flexibility index (Phi) is 3.37. The van der Waals surface area contributed by atoms with Crippen LogP contribution in [0.4, 0.5) is 5.82 Å². The second kappa shape index (κ2) is 5.39. The lowest BCUT2D eigenvalue weighted by molar-refractivity contribution is 0.490. The number of hydrogen-bond donors (Lipinski definition) is 1. The molecular weight excluding hydrogens is 294 g/mol. The van der Waals surface area contributed by atoms with E-state index in [4.69, 9.17) is 4.42 Å². The molecule has 0 saturated carbocycles. The Hall–Kier alpha value is -1.88. The molecule has 1 aliphatic rings. The van der Waals surface area contributed by atoms with Gasteiger partial charge in [-0.1, -0.05) is 6.92 Å². The van der Waals surface area contributed by atoms with Crippen LogP contribution in [0.2, 0.25) is 0 Å². The molecule has 0 aliphatic heterocycles. The summed E-state index contributed by atoms with van der Waals surface area (Å²) in [5, 5.41) is 4.71. The van der Waals surface area contributed by atoms with E-state index in [0.29, 0.717) is 0 Å². The lowest BCUT2D eigenvalue weighted by Crippen LogP contribution is -2.10. The molecule has 2 atom stereocenters. The number of anilines is 1. The molecule has 5 heteroatoms. The van der Waals surface area contributed by atoms with Gasteiger partial charge in [0.1, 0.15) is 22.7 Å². The molecule has 0 radical (unpaired) electrons. The van der Waals surface area contributed by atoms with E-state index < -0.39 is 0 Å². The zero-order chi connectivity index (χ0) is 15.1. The van der Waals surface area contributed by atoms with Crippen LogP contribution < -0.4 is 5.32 Å². The van der Waals surface area contributed by atoms with Crippen molar-refractivity contribution in [3.05, 3.63) is 40.9 Å². The van der Waals surface area contributed by atoms with Gasteiger partial charge in [-0.3, -0.25) is 0 Å². The van der Waals surface area contributed by atoms with Gasteiger partial charge in [0.2, 0.25) is 0 Å². The Morgan fingerprint density at radius 2 is 2.32 bits per heavy atom. The summed E-state index contributed by atoms with van der Waals surface area (Å²) in [5.74, 6) is 2.62. The van der Waals surface area contributed by atoms with Crippen molar-refractivity contribution in [3.8, 4) is 0 Å².